The molecule has 0 aliphatic carbocycles. The number of carbonyl (C=O) groups excluding carboxylic acids is 1. The highest BCUT2D eigenvalue weighted by Crippen LogP contribution is 2.06. The van der Waals surface area contributed by atoms with Gasteiger partial charge in [0.1, 0.15) is 0 Å². The van der Waals surface area contributed by atoms with Gasteiger partial charge in [0, 0.05) is 18.6 Å². The van der Waals surface area contributed by atoms with Gasteiger partial charge in [-0.25, -0.2) is 8.42 Å². The predicted molar refractivity (Wildman–Crippen MR) is 76.8 cm³/mol. The fraction of sp³-hybridized carbons (Fsp3) is 0.417. The van der Waals surface area contributed by atoms with Crippen LogP contribution in [0.2, 0.25) is 0 Å². The Morgan fingerprint density at radius 3 is 2.53 bits per heavy atom. The van der Waals surface area contributed by atoms with Crippen LogP contribution in [0.1, 0.15) is 6.42 Å². The third kappa shape index (κ3) is 5.59. The van der Waals surface area contributed by atoms with Crippen molar-refractivity contribution in [1.29, 1.82) is 0 Å². The van der Waals surface area contributed by atoms with Crippen molar-refractivity contribution in [3.8, 4) is 0 Å². The van der Waals surface area contributed by atoms with E-state index in [1.807, 2.05) is 6.07 Å². The fourth-order valence-electron chi connectivity index (χ4n) is 1.42. The third-order valence-corrected chi connectivity index (χ3v) is 4.59. The van der Waals surface area contributed by atoms with Gasteiger partial charge in [-0.2, -0.15) is 4.31 Å². The van der Waals surface area contributed by atoms with Crippen LogP contribution >= 0.6 is 11.6 Å². The van der Waals surface area contributed by atoms with Crippen molar-refractivity contribution in [2.45, 2.75) is 6.42 Å². The van der Waals surface area contributed by atoms with Gasteiger partial charge in [-0.1, -0.05) is 18.2 Å². The number of alkyl halides is 1. The highest BCUT2D eigenvalue weighted by Gasteiger charge is 2.19. The zero-order valence-corrected chi connectivity index (χ0v) is 12.2. The van der Waals surface area contributed by atoms with Gasteiger partial charge in [0.2, 0.25) is 15.9 Å². The number of nitrogens with zero attached hydrogens (tertiary/aromatic N) is 1. The number of halogens is 1. The number of hydrogen-bond acceptors (Lipinski definition) is 3. The summed E-state index contributed by atoms with van der Waals surface area (Å²) in [5, 5.41) is 2.63. The number of anilines is 1. The van der Waals surface area contributed by atoms with E-state index in [9.17, 15) is 13.2 Å². The Bertz CT molecular complexity index is 505. The average Bonchev–Trinajstić information content (AvgIpc) is 2.37. The lowest BCUT2D eigenvalue weighted by molar-refractivity contribution is -0.116. The van der Waals surface area contributed by atoms with Crippen molar-refractivity contribution in [3.63, 3.8) is 0 Å². The van der Waals surface area contributed by atoms with E-state index in [0.717, 1.165) is 4.31 Å². The van der Waals surface area contributed by atoms with Crippen LogP contribution in [0.3, 0.4) is 0 Å². The molecule has 0 radical (unpaired) electrons. The maximum atomic E-state index is 11.8. The lowest BCUT2D eigenvalue weighted by atomic mass is 10.3. The minimum atomic E-state index is -3.42. The molecule has 106 valence electrons. The van der Waals surface area contributed by atoms with Gasteiger partial charge >= 0.3 is 0 Å². The molecule has 0 spiro atoms. The third-order valence-electron chi connectivity index (χ3n) is 2.43. The number of benzene rings is 1. The van der Waals surface area contributed by atoms with Crippen LogP contribution in [0.15, 0.2) is 30.3 Å². The number of nitrogens with one attached hydrogen (secondary N) is 1. The number of rotatable bonds is 7. The number of para-hydroxylation sites is 1. The van der Waals surface area contributed by atoms with E-state index < -0.39 is 10.0 Å². The van der Waals surface area contributed by atoms with Crippen LogP contribution in [0.25, 0.3) is 0 Å². The van der Waals surface area contributed by atoms with Gasteiger partial charge in [0.25, 0.3) is 0 Å². The molecule has 1 N–H and O–H groups in total. The molecule has 1 rings (SSSR count). The van der Waals surface area contributed by atoms with Gasteiger partial charge in [0.15, 0.2) is 0 Å². The first kappa shape index (κ1) is 15.9. The molecule has 1 aromatic rings. The fourth-order valence-corrected chi connectivity index (χ4v) is 2.84. The van der Waals surface area contributed by atoms with Crippen LogP contribution < -0.4 is 5.32 Å². The molecule has 5 nitrogen and oxygen atoms in total. The van der Waals surface area contributed by atoms with E-state index in [4.69, 9.17) is 11.6 Å². The van der Waals surface area contributed by atoms with E-state index in [1.165, 1.54) is 7.05 Å². The van der Waals surface area contributed by atoms with Gasteiger partial charge in [-0.05, 0) is 18.6 Å². The van der Waals surface area contributed by atoms with Gasteiger partial charge < -0.3 is 5.32 Å². The van der Waals surface area contributed by atoms with E-state index in [-0.39, 0.29) is 24.1 Å². The summed E-state index contributed by atoms with van der Waals surface area (Å²) >= 11 is 5.46. The smallest absolute Gasteiger partial charge is 0.239 e. The van der Waals surface area contributed by atoms with E-state index >= 15 is 0 Å². The molecule has 1 amide bonds. The Morgan fingerprint density at radius 2 is 1.95 bits per heavy atom. The molecule has 0 saturated heterocycles. The number of hydrogen-bond donors (Lipinski definition) is 1. The molecule has 19 heavy (non-hydrogen) atoms. The van der Waals surface area contributed by atoms with Crippen molar-refractivity contribution in [3.05, 3.63) is 30.3 Å². The summed E-state index contributed by atoms with van der Waals surface area (Å²) in [5.41, 5.74) is 0.638. The first-order valence-electron chi connectivity index (χ1n) is 5.80. The lowest BCUT2D eigenvalue weighted by Gasteiger charge is -2.16. The van der Waals surface area contributed by atoms with Crippen LogP contribution in [0.5, 0.6) is 0 Å². The molecule has 1 aromatic carbocycles. The second-order valence-electron chi connectivity index (χ2n) is 4.03. The van der Waals surface area contributed by atoms with Crippen LogP contribution in [-0.2, 0) is 14.8 Å². The van der Waals surface area contributed by atoms with Crippen molar-refractivity contribution in [2.24, 2.45) is 0 Å². The Morgan fingerprint density at radius 1 is 1.32 bits per heavy atom. The second-order valence-corrected chi connectivity index (χ2v) is 6.60. The number of likely N-dealkylation sites (N-methyl/N-ethyl adjacent to an activating group) is 1. The minimum Gasteiger partial charge on any atom is -0.325 e. The summed E-state index contributed by atoms with van der Waals surface area (Å²) < 4.78 is 24.6. The Hall–Kier alpha value is -1.11. The first-order chi connectivity index (χ1) is 8.95. The van der Waals surface area contributed by atoms with Crippen molar-refractivity contribution in [2.75, 3.05) is 30.5 Å². The number of sulfonamides is 1. The average molecular weight is 305 g/mol. The predicted octanol–water partition coefficient (Wildman–Crippen LogP) is 1.52. The zero-order chi connectivity index (χ0) is 14.3. The summed E-state index contributed by atoms with van der Waals surface area (Å²) in [4.78, 5) is 11.7. The molecule has 0 aliphatic rings. The SMILES string of the molecule is CN(CC(=O)Nc1ccccc1)S(=O)(=O)CCCCl. The van der Waals surface area contributed by atoms with Crippen molar-refractivity contribution in [1.82, 2.24) is 4.31 Å². The second kappa shape index (κ2) is 7.47. The summed E-state index contributed by atoms with van der Waals surface area (Å²) in [6.45, 7) is -0.209. The first-order valence-corrected chi connectivity index (χ1v) is 7.95. The zero-order valence-electron chi connectivity index (χ0n) is 10.7. The standard InChI is InChI=1S/C12H17ClN2O3S/c1-15(19(17,18)9-5-8-13)10-12(16)14-11-6-3-2-4-7-11/h2-4,6-7H,5,8-10H2,1H3,(H,14,16). The van der Waals surface area contributed by atoms with Gasteiger partial charge in [-0.3, -0.25) is 4.79 Å². The van der Waals surface area contributed by atoms with Crippen LogP contribution in [-0.4, -0.2) is 43.9 Å². The number of amides is 1. The van der Waals surface area contributed by atoms with E-state index in [1.54, 1.807) is 24.3 Å². The summed E-state index contributed by atoms with van der Waals surface area (Å²) in [6, 6.07) is 8.88. The van der Waals surface area contributed by atoms with Gasteiger partial charge in [0.05, 0.1) is 12.3 Å². The molecular weight excluding hydrogens is 288 g/mol. The molecule has 0 fully saturated rings. The molecule has 0 aromatic heterocycles. The van der Waals surface area contributed by atoms with Gasteiger partial charge in [-0.15, -0.1) is 11.6 Å². The summed E-state index contributed by atoms with van der Waals surface area (Å²) in [5.74, 6) is -0.141. The Balaban J connectivity index is 2.52. The van der Waals surface area contributed by atoms with Crippen molar-refractivity contribution >= 4 is 33.2 Å². The number of carbonyl (C=O) groups is 1. The van der Waals surface area contributed by atoms with Crippen molar-refractivity contribution < 1.29 is 13.2 Å². The quantitative estimate of drug-likeness (QED) is 0.777. The summed E-state index contributed by atoms with van der Waals surface area (Å²) in [6.07, 6.45) is 0.370. The molecule has 0 atom stereocenters. The molecular formula is C12H17ClN2O3S. The van der Waals surface area contributed by atoms with E-state index in [0.29, 0.717) is 12.1 Å². The lowest BCUT2D eigenvalue weighted by Crippen LogP contribution is -2.36. The Kier molecular flexibility index (Phi) is 6.27. The molecule has 0 aliphatic heterocycles. The minimum absolute atomic E-state index is 0.0500. The molecule has 0 unspecified atom stereocenters. The maximum absolute atomic E-state index is 11.8. The van der Waals surface area contributed by atoms with Crippen LogP contribution in [0, 0.1) is 0 Å². The van der Waals surface area contributed by atoms with Crippen LogP contribution in [0.4, 0.5) is 5.69 Å². The highest BCUT2D eigenvalue weighted by molar-refractivity contribution is 7.89. The monoisotopic (exact) mass is 304 g/mol. The maximum Gasteiger partial charge on any atom is 0.239 e. The topological polar surface area (TPSA) is 66.5 Å². The molecule has 7 heteroatoms. The largest absolute Gasteiger partial charge is 0.325 e. The summed E-state index contributed by atoms with van der Waals surface area (Å²) in [7, 11) is -2.04. The Labute approximate surface area is 118 Å². The highest BCUT2D eigenvalue weighted by atomic mass is 35.5. The van der Waals surface area contributed by atoms with E-state index in [2.05, 4.69) is 5.32 Å². The molecule has 0 bridgehead atoms. The molecule has 0 heterocycles. The normalized spacial score (nSPS) is 11.5. The molecule has 0 saturated carbocycles.